The highest BCUT2D eigenvalue weighted by Crippen LogP contribution is 2.24. The van der Waals surface area contributed by atoms with Gasteiger partial charge >= 0.3 is 0 Å². The van der Waals surface area contributed by atoms with Crippen molar-refractivity contribution in [1.82, 2.24) is 9.62 Å². The first-order chi connectivity index (χ1) is 13.0. The Morgan fingerprint density at radius 2 is 1.89 bits per heavy atom. The first-order valence-corrected chi connectivity index (χ1v) is 10.9. The summed E-state index contributed by atoms with van der Waals surface area (Å²) in [7, 11) is -1.95. The van der Waals surface area contributed by atoms with Gasteiger partial charge in [0.25, 0.3) is 5.91 Å². The van der Waals surface area contributed by atoms with Crippen LogP contribution in [0.25, 0.3) is 0 Å². The maximum Gasteiger partial charge on any atom is 0.251 e. The van der Waals surface area contributed by atoms with Gasteiger partial charge in [0.05, 0.1) is 18.1 Å². The van der Waals surface area contributed by atoms with Gasteiger partial charge in [-0.1, -0.05) is 12.5 Å². The lowest BCUT2D eigenvalue weighted by Crippen LogP contribution is -2.36. The molecular formula is C19H30N2O5S. The van der Waals surface area contributed by atoms with Crippen LogP contribution in [0.15, 0.2) is 23.1 Å². The Kier molecular flexibility index (Phi) is 8.69. The Labute approximate surface area is 162 Å². The van der Waals surface area contributed by atoms with E-state index in [0.717, 1.165) is 19.3 Å². The van der Waals surface area contributed by atoms with E-state index >= 15 is 0 Å². The van der Waals surface area contributed by atoms with Crippen LogP contribution in [0.1, 0.15) is 41.6 Å². The number of sulfonamides is 1. The van der Waals surface area contributed by atoms with Crippen molar-refractivity contribution in [2.75, 3.05) is 46.6 Å². The molecule has 1 amide bonds. The molecule has 1 aliphatic rings. The van der Waals surface area contributed by atoms with E-state index in [1.165, 1.54) is 10.4 Å². The molecule has 0 radical (unpaired) electrons. The number of carbonyl (C=O) groups excluding carboxylic acids is 1. The molecule has 1 aliphatic heterocycles. The normalized spacial score (nSPS) is 15.6. The number of nitrogens with zero attached hydrogens (tertiary/aromatic N) is 1. The Morgan fingerprint density at radius 3 is 2.59 bits per heavy atom. The third-order valence-electron chi connectivity index (χ3n) is 4.57. The summed E-state index contributed by atoms with van der Waals surface area (Å²) in [4.78, 5) is 12.6. The number of amides is 1. The molecular weight excluding hydrogens is 368 g/mol. The van der Waals surface area contributed by atoms with E-state index in [1.807, 2.05) is 0 Å². The maximum absolute atomic E-state index is 12.9. The number of piperidine rings is 1. The van der Waals surface area contributed by atoms with Crippen LogP contribution >= 0.6 is 0 Å². The topological polar surface area (TPSA) is 84.9 Å². The number of rotatable bonds is 10. The smallest absolute Gasteiger partial charge is 0.251 e. The zero-order valence-electron chi connectivity index (χ0n) is 16.2. The summed E-state index contributed by atoms with van der Waals surface area (Å²) < 4.78 is 37.6. The summed E-state index contributed by atoms with van der Waals surface area (Å²) in [5, 5.41) is 2.81. The van der Waals surface area contributed by atoms with Crippen molar-refractivity contribution in [2.24, 2.45) is 0 Å². The summed E-state index contributed by atoms with van der Waals surface area (Å²) in [6, 6.07) is 4.85. The van der Waals surface area contributed by atoms with Gasteiger partial charge in [-0.25, -0.2) is 8.42 Å². The van der Waals surface area contributed by atoms with Crippen LogP contribution in [-0.4, -0.2) is 65.2 Å². The molecule has 1 aromatic rings. The van der Waals surface area contributed by atoms with Crippen molar-refractivity contribution in [3.05, 3.63) is 29.3 Å². The molecule has 8 heteroatoms. The minimum Gasteiger partial charge on any atom is -0.382 e. The summed E-state index contributed by atoms with van der Waals surface area (Å²) >= 11 is 0. The van der Waals surface area contributed by atoms with Crippen LogP contribution in [0.5, 0.6) is 0 Å². The molecule has 1 aromatic carbocycles. The highest BCUT2D eigenvalue weighted by molar-refractivity contribution is 7.89. The summed E-state index contributed by atoms with van der Waals surface area (Å²) in [5.41, 5.74) is 1.01. The fourth-order valence-corrected chi connectivity index (χ4v) is 4.75. The second kappa shape index (κ2) is 10.8. The van der Waals surface area contributed by atoms with Crippen LogP contribution in [0.2, 0.25) is 0 Å². The molecule has 0 aromatic heterocycles. The number of nitrogens with one attached hydrogen (secondary N) is 1. The molecule has 1 N–H and O–H groups in total. The van der Waals surface area contributed by atoms with E-state index in [0.29, 0.717) is 57.0 Å². The molecule has 27 heavy (non-hydrogen) atoms. The van der Waals surface area contributed by atoms with Crippen molar-refractivity contribution >= 4 is 15.9 Å². The summed E-state index contributed by atoms with van der Waals surface area (Å²) in [6.45, 7) is 4.92. The maximum atomic E-state index is 12.9. The number of hydrogen-bond donors (Lipinski definition) is 1. The highest BCUT2D eigenvalue weighted by Gasteiger charge is 2.28. The minimum absolute atomic E-state index is 0.222. The molecule has 0 bridgehead atoms. The fraction of sp³-hybridized carbons (Fsp3) is 0.632. The lowest BCUT2D eigenvalue weighted by molar-refractivity contribution is 0.0688. The van der Waals surface area contributed by atoms with Crippen LogP contribution < -0.4 is 5.32 Å². The average Bonchev–Trinajstić information content (AvgIpc) is 2.68. The Morgan fingerprint density at radius 1 is 1.15 bits per heavy atom. The summed E-state index contributed by atoms with van der Waals surface area (Å²) in [6.07, 6.45) is 3.50. The molecule has 7 nitrogen and oxygen atoms in total. The Bertz CT molecular complexity index is 715. The van der Waals surface area contributed by atoms with Gasteiger partial charge < -0.3 is 14.8 Å². The SMILES string of the molecule is COCCOCCCNC(=O)c1ccc(C)c(S(=O)(=O)N2CCCCC2)c1. The van der Waals surface area contributed by atoms with Crippen LogP contribution in [0.4, 0.5) is 0 Å². The van der Waals surface area contributed by atoms with Crippen molar-refractivity contribution < 1.29 is 22.7 Å². The van der Waals surface area contributed by atoms with E-state index < -0.39 is 10.0 Å². The molecule has 0 spiro atoms. The molecule has 2 rings (SSSR count). The Hall–Kier alpha value is -1.48. The van der Waals surface area contributed by atoms with Gasteiger partial charge in [-0.05, 0) is 43.9 Å². The van der Waals surface area contributed by atoms with Gasteiger partial charge in [-0.15, -0.1) is 0 Å². The first kappa shape index (κ1) is 21.8. The third kappa shape index (κ3) is 6.27. The molecule has 1 saturated heterocycles. The van der Waals surface area contributed by atoms with E-state index in [1.54, 1.807) is 26.2 Å². The van der Waals surface area contributed by atoms with E-state index in [2.05, 4.69) is 5.32 Å². The number of carbonyl (C=O) groups is 1. The summed E-state index contributed by atoms with van der Waals surface area (Å²) in [5.74, 6) is -0.276. The van der Waals surface area contributed by atoms with Gasteiger partial charge in [0.2, 0.25) is 10.0 Å². The van der Waals surface area contributed by atoms with Gasteiger partial charge in [0.1, 0.15) is 0 Å². The molecule has 1 fully saturated rings. The largest absolute Gasteiger partial charge is 0.382 e. The van der Waals surface area contributed by atoms with Crippen molar-refractivity contribution in [2.45, 2.75) is 37.5 Å². The third-order valence-corrected chi connectivity index (χ3v) is 6.61. The number of methoxy groups -OCH3 is 1. The number of ether oxygens (including phenoxy) is 2. The second-order valence-corrected chi connectivity index (χ2v) is 8.57. The van der Waals surface area contributed by atoms with Crippen molar-refractivity contribution in [3.8, 4) is 0 Å². The van der Waals surface area contributed by atoms with Gasteiger partial charge in [0, 0.05) is 38.9 Å². The monoisotopic (exact) mass is 398 g/mol. The van der Waals surface area contributed by atoms with Crippen LogP contribution in [-0.2, 0) is 19.5 Å². The van der Waals surface area contributed by atoms with E-state index in [9.17, 15) is 13.2 Å². The fourth-order valence-electron chi connectivity index (χ4n) is 2.99. The van der Waals surface area contributed by atoms with Crippen LogP contribution in [0, 0.1) is 6.92 Å². The second-order valence-electron chi connectivity index (χ2n) is 6.66. The first-order valence-electron chi connectivity index (χ1n) is 9.42. The van der Waals surface area contributed by atoms with Gasteiger partial charge in [-0.3, -0.25) is 4.79 Å². The van der Waals surface area contributed by atoms with Crippen LogP contribution in [0.3, 0.4) is 0 Å². The molecule has 0 aliphatic carbocycles. The quantitative estimate of drug-likeness (QED) is 0.609. The van der Waals surface area contributed by atoms with E-state index in [-0.39, 0.29) is 10.8 Å². The number of hydrogen-bond acceptors (Lipinski definition) is 5. The van der Waals surface area contributed by atoms with Crippen molar-refractivity contribution in [1.29, 1.82) is 0 Å². The molecule has 1 heterocycles. The lowest BCUT2D eigenvalue weighted by Gasteiger charge is -2.26. The zero-order valence-corrected chi connectivity index (χ0v) is 17.0. The molecule has 152 valence electrons. The zero-order chi connectivity index (χ0) is 19.7. The lowest BCUT2D eigenvalue weighted by atomic mass is 10.1. The Balaban J connectivity index is 1.96. The molecule has 0 atom stereocenters. The predicted molar refractivity (Wildman–Crippen MR) is 103 cm³/mol. The minimum atomic E-state index is -3.57. The van der Waals surface area contributed by atoms with Gasteiger partial charge in [-0.2, -0.15) is 4.31 Å². The standard InChI is InChI=1S/C19H30N2O5S/c1-16-7-8-17(19(22)20-9-6-12-26-14-13-25-2)15-18(16)27(23,24)21-10-4-3-5-11-21/h7-8,15H,3-6,9-14H2,1-2H3,(H,20,22). The number of aryl methyl sites for hydroxylation is 1. The highest BCUT2D eigenvalue weighted by atomic mass is 32.2. The van der Waals surface area contributed by atoms with Crippen molar-refractivity contribution in [3.63, 3.8) is 0 Å². The predicted octanol–water partition coefficient (Wildman–Crippen LogP) is 1.95. The van der Waals surface area contributed by atoms with E-state index in [4.69, 9.17) is 9.47 Å². The molecule has 0 unspecified atom stereocenters. The molecule has 0 saturated carbocycles. The number of benzene rings is 1. The average molecular weight is 399 g/mol. The van der Waals surface area contributed by atoms with Gasteiger partial charge in [0.15, 0.2) is 0 Å².